The Bertz CT molecular complexity index is 312. The Balaban J connectivity index is 2.37. The van der Waals surface area contributed by atoms with Crippen molar-refractivity contribution in [3.05, 3.63) is 16.1 Å². The smallest absolute Gasteiger partial charge is 0.322 e. The highest BCUT2D eigenvalue weighted by molar-refractivity contribution is 7.09. The maximum absolute atomic E-state index is 11.0. The van der Waals surface area contributed by atoms with Crippen molar-refractivity contribution in [2.24, 2.45) is 0 Å². The zero-order chi connectivity index (χ0) is 10.6. The lowest BCUT2D eigenvalue weighted by Gasteiger charge is -2.09. The molecule has 0 amide bonds. The van der Waals surface area contributed by atoms with E-state index < -0.39 is 0 Å². The van der Waals surface area contributed by atoms with Crippen molar-refractivity contribution in [1.82, 2.24) is 10.3 Å². The lowest BCUT2D eigenvalue weighted by atomic mass is 10.3. The van der Waals surface area contributed by atoms with Crippen molar-refractivity contribution < 1.29 is 9.53 Å². The summed E-state index contributed by atoms with van der Waals surface area (Å²) in [6.07, 6.45) is 0. The van der Waals surface area contributed by atoms with Crippen LogP contribution < -0.4 is 5.32 Å². The Hall–Kier alpha value is -0.940. The number of rotatable bonds is 4. The molecule has 5 heteroatoms. The van der Waals surface area contributed by atoms with Crippen molar-refractivity contribution in [3.63, 3.8) is 0 Å². The largest absolute Gasteiger partial charge is 0.468 e. The van der Waals surface area contributed by atoms with Gasteiger partial charge in [0.15, 0.2) is 0 Å². The van der Waals surface area contributed by atoms with E-state index in [1.165, 1.54) is 7.11 Å². The summed E-state index contributed by atoms with van der Waals surface area (Å²) in [5, 5.41) is 6.01. The van der Waals surface area contributed by atoms with E-state index in [0.717, 1.165) is 10.7 Å². The number of hydrogen-bond acceptors (Lipinski definition) is 5. The maximum Gasteiger partial charge on any atom is 0.322 e. The number of thiazole rings is 1. The zero-order valence-electron chi connectivity index (χ0n) is 8.53. The molecular formula is C9H14N2O2S. The van der Waals surface area contributed by atoms with Gasteiger partial charge < -0.3 is 4.74 Å². The van der Waals surface area contributed by atoms with Crippen LogP contribution in [-0.2, 0) is 16.1 Å². The third-order valence-electron chi connectivity index (χ3n) is 1.78. The van der Waals surface area contributed by atoms with Gasteiger partial charge in [-0.1, -0.05) is 0 Å². The monoisotopic (exact) mass is 214 g/mol. The number of ether oxygens (including phenoxy) is 1. The molecule has 14 heavy (non-hydrogen) atoms. The Morgan fingerprint density at radius 3 is 3.00 bits per heavy atom. The molecule has 0 saturated carbocycles. The molecule has 1 rings (SSSR count). The molecule has 0 aliphatic rings. The predicted molar refractivity (Wildman–Crippen MR) is 55.2 cm³/mol. The van der Waals surface area contributed by atoms with Crippen molar-refractivity contribution in [2.75, 3.05) is 7.11 Å². The van der Waals surface area contributed by atoms with Crippen LogP contribution in [0.3, 0.4) is 0 Å². The van der Waals surface area contributed by atoms with Gasteiger partial charge in [-0.15, -0.1) is 11.3 Å². The van der Waals surface area contributed by atoms with Gasteiger partial charge in [0.25, 0.3) is 0 Å². The molecule has 0 bridgehead atoms. The highest BCUT2D eigenvalue weighted by Gasteiger charge is 2.12. The Labute approximate surface area is 87.3 Å². The number of nitrogens with zero attached hydrogens (tertiary/aromatic N) is 1. The predicted octanol–water partition coefficient (Wildman–Crippen LogP) is 1.10. The van der Waals surface area contributed by atoms with Gasteiger partial charge in [0.05, 0.1) is 7.11 Å². The normalized spacial score (nSPS) is 12.5. The number of esters is 1. The zero-order valence-corrected chi connectivity index (χ0v) is 9.35. The molecule has 4 nitrogen and oxygen atoms in total. The Morgan fingerprint density at radius 2 is 2.50 bits per heavy atom. The molecule has 0 aliphatic carbocycles. The van der Waals surface area contributed by atoms with Crippen LogP contribution in [0.2, 0.25) is 0 Å². The highest BCUT2D eigenvalue weighted by Crippen LogP contribution is 2.08. The van der Waals surface area contributed by atoms with Gasteiger partial charge in [-0.2, -0.15) is 0 Å². The van der Waals surface area contributed by atoms with Gasteiger partial charge in [-0.3, -0.25) is 10.1 Å². The fourth-order valence-electron chi connectivity index (χ4n) is 0.984. The van der Waals surface area contributed by atoms with E-state index in [4.69, 9.17) is 0 Å². The molecule has 1 atom stereocenters. The number of aromatic nitrogens is 1. The molecule has 0 saturated heterocycles. The number of hydrogen-bond donors (Lipinski definition) is 1. The lowest BCUT2D eigenvalue weighted by molar-refractivity contribution is -0.142. The summed E-state index contributed by atoms with van der Waals surface area (Å²) in [6.45, 7) is 4.32. The molecule has 0 spiro atoms. The fourth-order valence-corrected chi connectivity index (χ4v) is 1.71. The molecule has 0 aliphatic heterocycles. The second-order valence-corrected chi connectivity index (χ2v) is 3.95. The van der Waals surface area contributed by atoms with E-state index >= 15 is 0 Å². The number of methoxy groups -OCH3 is 1. The number of carbonyl (C=O) groups excluding carboxylic acids is 1. The summed E-state index contributed by atoms with van der Waals surface area (Å²) in [4.78, 5) is 15.3. The minimum absolute atomic E-state index is 0.252. The van der Waals surface area contributed by atoms with Gasteiger partial charge >= 0.3 is 5.97 Å². The molecular weight excluding hydrogens is 200 g/mol. The van der Waals surface area contributed by atoms with Crippen molar-refractivity contribution in [2.45, 2.75) is 26.4 Å². The second kappa shape index (κ2) is 5.07. The third kappa shape index (κ3) is 3.08. The topological polar surface area (TPSA) is 51.2 Å². The summed E-state index contributed by atoms with van der Waals surface area (Å²) in [5.41, 5.74) is 1.01. The Morgan fingerprint density at radius 1 is 1.79 bits per heavy atom. The van der Waals surface area contributed by atoms with Crippen LogP contribution in [0.15, 0.2) is 5.38 Å². The van der Waals surface area contributed by atoms with Gasteiger partial charge in [-0.25, -0.2) is 4.98 Å². The first-order chi connectivity index (χ1) is 6.63. The quantitative estimate of drug-likeness (QED) is 0.763. The van der Waals surface area contributed by atoms with Crippen LogP contribution in [0.25, 0.3) is 0 Å². The minimum Gasteiger partial charge on any atom is -0.468 e. The standard InChI is InChI=1S/C9H14N2O2S/c1-6-5-14-8(11-6)4-10-7(2)9(12)13-3/h5,7,10H,4H2,1-3H3. The van der Waals surface area contributed by atoms with Crippen molar-refractivity contribution in [1.29, 1.82) is 0 Å². The van der Waals surface area contributed by atoms with E-state index in [9.17, 15) is 4.79 Å². The van der Waals surface area contributed by atoms with Crippen LogP contribution in [0.5, 0.6) is 0 Å². The van der Waals surface area contributed by atoms with E-state index in [1.54, 1.807) is 18.3 Å². The third-order valence-corrected chi connectivity index (χ3v) is 2.75. The van der Waals surface area contributed by atoms with E-state index in [0.29, 0.717) is 6.54 Å². The minimum atomic E-state index is -0.288. The van der Waals surface area contributed by atoms with E-state index in [-0.39, 0.29) is 12.0 Å². The average molecular weight is 214 g/mol. The summed E-state index contributed by atoms with van der Waals surface area (Å²) in [6, 6.07) is -0.288. The summed E-state index contributed by atoms with van der Waals surface area (Å²) >= 11 is 1.59. The first-order valence-corrected chi connectivity index (χ1v) is 5.23. The first kappa shape index (κ1) is 11.1. The summed E-state index contributed by atoms with van der Waals surface area (Å²) in [5.74, 6) is -0.252. The molecule has 1 aromatic rings. The van der Waals surface area contributed by atoms with Crippen molar-refractivity contribution >= 4 is 17.3 Å². The van der Waals surface area contributed by atoms with Crippen LogP contribution >= 0.6 is 11.3 Å². The number of carbonyl (C=O) groups is 1. The average Bonchev–Trinajstić information content (AvgIpc) is 2.59. The molecule has 0 aromatic carbocycles. The Kier molecular flexibility index (Phi) is 4.03. The summed E-state index contributed by atoms with van der Waals surface area (Å²) < 4.78 is 4.59. The van der Waals surface area contributed by atoms with Gasteiger partial charge in [0, 0.05) is 17.6 Å². The maximum atomic E-state index is 11.0. The lowest BCUT2D eigenvalue weighted by Crippen LogP contribution is -2.34. The second-order valence-electron chi connectivity index (χ2n) is 3.01. The van der Waals surface area contributed by atoms with E-state index in [2.05, 4.69) is 15.0 Å². The molecule has 1 aromatic heterocycles. The number of nitrogens with one attached hydrogen (secondary N) is 1. The molecule has 1 N–H and O–H groups in total. The molecule has 1 unspecified atom stereocenters. The van der Waals surface area contributed by atoms with Gasteiger partial charge in [0.2, 0.25) is 0 Å². The van der Waals surface area contributed by atoms with Gasteiger partial charge in [-0.05, 0) is 13.8 Å². The highest BCUT2D eigenvalue weighted by atomic mass is 32.1. The van der Waals surface area contributed by atoms with Gasteiger partial charge in [0.1, 0.15) is 11.0 Å². The van der Waals surface area contributed by atoms with Crippen LogP contribution in [0, 0.1) is 6.92 Å². The first-order valence-electron chi connectivity index (χ1n) is 4.35. The molecule has 1 heterocycles. The SMILES string of the molecule is COC(=O)C(C)NCc1nc(C)cs1. The molecule has 0 fully saturated rings. The fraction of sp³-hybridized carbons (Fsp3) is 0.556. The van der Waals surface area contributed by atoms with Crippen LogP contribution in [0.4, 0.5) is 0 Å². The van der Waals surface area contributed by atoms with Crippen molar-refractivity contribution in [3.8, 4) is 0 Å². The van der Waals surface area contributed by atoms with Crippen LogP contribution in [-0.4, -0.2) is 24.1 Å². The molecule has 0 radical (unpaired) electrons. The van der Waals surface area contributed by atoms with E-state index in [1.807, 2.05) is 12.3 Å². The number of aryl methyl sites for hydroxylation is 1. The molecule has 78 valence electrons. The summed E-state index contributed by atoms with van der Waals surface area (Å²) in [7, 11) is 1.38. The van der Waals surface area contributed by atoms with Crippen LogP contribution in [0.1, 0.15) is 17.6 Å².